The Hall–Kier alpha value is -3.21. The predicted octanol–water partition coefficient (Wildman–Crippen LogP) is 6.89. The number of amides is 1. The molecule has 0 saturated heterocycles. The van der Waals surface area contributed by atoms with Crippen LogP contribution in [-0.2, 0) is 12.8 Å². The molecule has 0 fully saturated rings. The van der Waals surface area contributed by atoms with Crippen LogP contribution in [0.3, 0.4) is 0 Å². The van der Waals surface area contributed by atoms with Crippen molar-refractivity contribution in [2.45, 2.75) is 66.2 Å². The molecule has 0 radical (unpaired) electrons. The summed E-state index contributed by atoms with van der Waals surface area (Å²) in [6, 6.07) is 15.5. The Bertz CT molecular complexity index is 1150. The van der Waals surface area contributed by atoms with Crippen molar-refractivity contribution in [3.63, 3.8) is 0 Å². The maximum atomic E-state index is 12.7. The van der Waals surface area contributed by atoms with E-state index in [-0.39, 0.29) is 17.2 Å². The van der Waals surface area contributed by atoms with Crippen LogP contribution in [0.25, 0.3) is 10.8 Å². The Labute approximate surface area is 216 Å². The summed E-state index contributed by atoms with van der Waals surface area (Å²) in [6.45, 7) is 10.1. The topological polar surface area (TPSA) is 84.6 Å². The highest BCUT2D eigenvalue weighted by molar-refractivity contribution is 6.07. The second kappa shape index (κ2) is 13.2. The largest absolute Gasteiger partial charge is 0.506 e. The van der Waals surface area contributed by atoms with Crippen LogP contribution in [-0.4, -0.2) is 24.2 Å². The predicted molar refractivity (Wildman–Crippen MR) is 150 cm³/mol. The Morgan fingerprint density at radius 3 is 2.36 bits per heavy atom. The van der Waals surface area contributed by atoms with Crippen molar-refractivity contribution >= 4 is 22.4 Å². The fourth-order valence-electron chi connectivity index (χ4n) is 4.29. The number of nitrogens with two attached hydrogens (primary N) is 1. The van der Waals surface area contributed by atoms with Gasteiger partial charge in [-0.3, -0.25) is 4.79 Å². The van der Waals surface area contributed by atoms with Gasteiger partial charge in [0, 0.05) is 23.0 Å². The van der Waals surface area contributed by atoms with E-state index in [1.165, 1.54) is 17.5 Å². The number of carbonyl (C=O) groups excluding carboxylic acids is 1. The fraction of sp³-hybridized carbons (Fsp3) is 0.452. The summed E-state index contributed by atoms with van der Waals surface area (Å²) in [5, 5.41) is 14.8. The van der Waals surface area contributed by atoms with Crippen molar-refractivity contribution in [1.82, 2.24) is 5.32 Å². The van der Waals surface area contributed by atoms with Crippen LogP contribution in [0.2, 0.25) is 0 Å². The first-order valence-electron chi connectivity index (χ1n) is 13.3. The molecule has 0 aromatic heterocycles. The number of anilines is 1. The second-order valence-electron chi connectivity index (χ2n) is 10.5. The van der Waals surface area contributed by atoms with Gasteiger partial charge in [0.2, 0.25) is 0 Å². The number of carbonyl (C=O) groups is 1. The maximum absolute atomic E-state index is 12.7. The minimum Gasteiger partial charge on any atom is -0.506 e. The molecule has 0 bridgehead atoms. The summed E-state index contributed by atoms with van der Waals surface area (Å²) in [5.74, 6) is 1.97. The van der Waals surface area contributed by atoms with Gasteiger partial charge >= 0.3 is 0 Å². The molecule has 1 amide bonds. The van der Waals surface area contributed by atoms with Crippen molar-refractivity contribution < 1.29 is 14.6 Å². The first-order valence-corrected chi connectivity index (χ1v) is 13.3. The molecular weight excluding hydrogens is 448 g/mol. The SMILES string of the molecule is CC(C)CCc1ccc(OCCCCNC(=O)c2cc(N)c3ccccc3c2O)c(CCC(C)C)c1. The third-order valence-corrected chi connectivity index (χ3v) is 6.53. The number of ether oxygens (including phenoxy) is 1. The summed E-state index contributed by atoms with van der Waals surface area (Å²) >= 11 is 0. The van der Waals surface area contributed by atoms with E-state index in [1.807, 2.05) is 18.2 Å². The molecule has 0 heterocycles. The third-order valence-electron chi connectivity index (χ3n) is 6.53. The van der Waals surface area contributed by atoms with Crippen LogP contribution >= 0.6 is 0 Å². The molecular formula is C31H42N2O3. The minimum atomic E-state index is -0.321. The lowest BCUT2D eigenvalue weighted by molar-refractivity contribution is 0.0950. The average molecular weight is 491 g/mol. The monoisotopic (exact) mass is 490 g/mol. The second-order valence-corrected chi connectivity index (χ2v) is 10.5. The Balaban J connectivity index is 1.50. The van der Waals surface area contributed by atoms with Crippen molar-refractivity contribution in [2.24, 2.45) is 11.8 Å². The van der Waals surface area contributed by atoms with Gasteiger partial charge in [0.1, 0.15) is 11.5 Å². The van der Waals surface area contributed by atoms with Crippen molar-refractivity contribution in [3.05, 3.63) is 65.2 Å². The number of rotatable bonds is 13. The van der Waals surface area contributed by atoms with E-state index in [4.69, 9.17) is 10.5 Å². The van der Waals surface area contributed by atoms with Gasteiger partial charge < -0.3 is 20.9 Å². The van der Waals surface area contributed by atoms with Gasteiger partial charge in [-0.15, -0.1) is 0 Å². The Morgan fingerprint density at radius 1 is 0.944 bits per heavy atom. The first kappa shape index (κ1) is 27.4. The van der Waals surface area contributed by atoms with Gasteiger partial charge in [0.05, 0.1) is 12.2 Å². The first-order chi connectivity index (χ1) is 17.3. The summed E-state index contributed by atoms with van der Waals surface area (Å²) in [7, 11) is 0. The fourth-order valence-corrected chi connectivity index (χ4v) is 4.29. The Kier molecular flexibility index (Phi) is 10.0. The molecule has 0 aliphatic heterocycles. The number of fused-ring (bicyclic) bond motifs is 1. The molecule has 5 heteroatoms. The minimum absolute atomic E-state index is 0.0357. The lowest BCUT2D eigenvalue weighted by atomic mass is 9.97. The van der Waals surface area contributed by atoms with Gasteiger partial charge in [-0.2, -0.15) is 0 Å². The number of aryl methyl sites for hydroxylation is 2. The van der Waals surface area contributed by atoms with Gasteiger partial charge in [-0.25, -0.2) is 0 Å². The van der Waals surface area contributed by atoms with Gasteiger partial charge in [0.15, 0.2) is 0 Å². The van der Waals surface area contributed by atoms with E-state index in [0.717, 1.165) is 43.2 Å². The highest BCUT2D eigenvalue weighted by Crippen LogP contribution is 2.33. The molecule has 3 rings (SSSR count). The molecule has 0 aliphatic rings. The smallest absolute Gasteiger partial charge is 0.255 e. The van der Waals surface area contributed by atoms with E-state index in [0.29, 0.717) is 36.1 Å². The number of phenols is 1. The summed E-state index contributed by atoms with van der Waals surface area (Å²) < 4.78 is 6.16. The van der Waals surface area contributed by atoms with E-state index in [1.54, 1.807) is 12.1 Å². The summed E-state index contributed by atoms with van der Waals surface area (Å²) in [5.41, 5.74) is 9.45. The molecule has 0 aliphatic carbocycles. The number of nitrogen functional groups attached to an aromatic ring is 1. The van der Waals surface area contributed by atoms with Gasteiger partial charge in [-0.05, 0) is 73.6 Å². The van der Waals surface area contributed by atoms with Crippen LogP contribution in [0, 0.1) is 11.8 Å². The third kappa shape index (κ3) is 7.64. The molecule has 0 atom stereocenters. The molecule has 0 unspecified atom stereocenters. The molecule has 0 spiro atoms. The number of phenolic OH excluding ortho intramolecular Hbond substituents is 1. The lowest BCUT2D eigenvalue weighted by Crippen LogP contribution is -2.25. The lowest BCUT2D eigenvalue weighted by Gasteiger charge is -2.15. The Morgan fingerprint density at radius 2 is 1.64 bits per heavy atom. The van der Waals surface area contributed by atoms with Crippen LogP contribution < -0.4 is 15.8 Å². The number of unbranched alkanes of at least 4 members (excludes halogenated alkanes) is 1. The highest BCUT2D eigenvalue weighted by Gasteiger charge is 2.15. The van der Waals surface area contributed by atoms with Gasteiger partial charge in [-0.1, -0.05) is 64.1 Å². The van der Waals surface area contributed by atoms with Crippen LogP contribution in [0.5, 0.6) is 11.5 Å². The highest BCUT2D eigenvalue weighted by atomic mass is 16.5. The molecule has 36 heavy (non-hydrogen) atoms. The van der Waals surface area contributed by atoms with E-state index < -0.39 is 0 Å². The molecule has 5 nitrogen and oxygen atoms in total. The quantitative estimate of drug-likeness (QED) is 0.138. The zero-order chi connectivity index (χ0) is 26.1. The number of hydrogen-bond donors (Lipinski definition) is 3. The van der Waals surface area contributed by atoms with E-state index in [9.17, 15) is 9.90 Å². The number of hydrogen-bond acceptors (Lipinski definition) is 4. The zero-order valence-corrected chi connectivity index (χ0v) is 22.3. The van der Waals surface area contributed by atoms with E-state index >= 15 is 0 Å². The number of nitrogens with one attached hydrogen (secondary N) is 1. The van der Waals surface area contributed by atoms with Gasteiger partial charge in [0.25, 0.3) is 5.91 Å². The standard InChI is InChI=1S/C31H42N2O3/c1-21(2)11-13-23-14-16-29(24(19-23)15-12-22(3)4)36-18-8-7-17-33-31(35)27-20-28(32)25-9-5-6-10-26(25)30(27)34/h5-6,9-10,14,16,19-22,34H,7-8,11-13,15,17-18,32H2,1-4H3,(H,33,35). The molecule has 4 N–H and O–H groups in total. The molecule has 0 saturated carbocycles. The molecule has 3 aromatic carbocycles. The summed E-state index contributed by atoms with van der Waals surface area (Å²) in [6.07, 6.45) is 6.07. The van der Waals surface area contributed by atoms with Crippen molar-refractivity contribution in [3.8, 4) is 11.5 Å². The average Bonchev–Trinajstić information content (AvgIpc) is 2.86. The molecule has 3 aromatic rings. The normalized spacial score (nSPS) is 11.4. The van der Waals surface area contributed by atoms with Crippen LogP contribution in [0.15, 0.2) is 48.5 Å². The van der Waals surface area contributed by atoms with Crippen LogP contribution in [0.1, 0.15) is 74.9 Å². The maximum Gasteiger partial charge on any atom is 0.255 e. The zero-order valence-electron chi connectivity index (χ0n) is 22.3. The van der Waals surface area contributed by atoms with E-state index in [2.05, 4.69) is 51.2 Å². The van der Waals surface area contributed by atoms with Crippen LogP contribution in [0.4, 0.5) is 5.69 Å². The van der Waals surface area contributed by atoms with Crippen molar-refractivity contribution in [2.75, 3.05) is 18.9 Å². The number of benzene rings is 3. The number of aromatic hydroxyl groups is 1. The molecule has 194 valence electrons. The van der Waals surface area contributed by atoms with Crippen molar-refractivity contribution in [1.29, 1.82) is 0 Å². The summed E-state index contributed by atoms with van der Waals surface area (Å²) in [4.78, 5) is 12.7.